The predicted molar refractivity (Wildman–Crippen MR) is 116 cm³/mol. The summed E-state index contributed by atoms with van der Waals surface area (Å²) in [5, 5.41) is 9.80. The molecular formula is C16H25IN6S2. The second-order valence-corrected chi connectivity index (χ2v) is 8.09. The molecule has 1 atom stereocenters. The van der Waals surface area contributed by atoms with E-state index in [-0.39, 0.29) is 24.0 Å². The minimum absolute atomic E-state index is 0. The van der Waals surface area contributed by atoms with Crippen LogP contribution in [0, 0.1) is 0 Å². The van der Waals surface area contributed by atoms with Crippen molar-refractivity contribution in [2.75, 3.05) is 32.4 Å². The van der Waals surface area contributed by atoms with Gasteiger partial charge in [0.05, 0.1) is 6.20 Å². The number of rotatable bonds is 6. The number of aliphatic imine (C=N–C) groups is 1. The van der Waals surface area contributed by atoms with Crippen LogP contribution in [0.5, 0.6) is 0 Å². The van der Waals surface area contributed by atoms with E-state index in [4.69, 9.17) is 0 Å². The number of nitrogens with zero attached hydrogens (tertiary/aromatic N) is 5. The molecule has 6 nitrogen and oxygen atoms in total. The van der Waals surface area contributed by atoms with Crippen molar-refractivity contribution in [2.45, 2.75) is 23.1 Å². The van der Waals surface area contributed by atoms with Crippen LogP contribution in [0.25, 0.3) is 0 Å². The number of guanidine groups is 1. The summed E-state index contributed by atoms with van der Waals surface area (Å²) in [5.41, 5.74) is 1.33. The molecule has 0 aromatic carbocycles. The molecule has 1 aliphatic rings. The number of nitrogens with one attached hydrogen (secondary N) is 1. The van der Waals surface area contributed by atoms with Crippen molar-refractivity contribution < 1.29 is 0 Å². The molecule has 0 aliphatic carbocycles. The van der Waals surface area contributed by atoms with E-state index >= 15 is 0 Å². The summed E-state index contributed by atoms with van der Waals surface area (Å²) < 4.78 is 3.03. The lowest BCUT2D eigenvalue weighted by molar-refractivity contribution is 0.486. The first-order chi connectivity index (χ1) is 11.8. The van der Waals surface area contributed by atoms with Crippen LogP contribution in [0.4, 0.5) is 0 Å². The molecule has 0 bridgehead atoms. The molecule has 2 aromatic heterocycles. The summed E-state index contributed by atoms with van der Waals surface area (Å²) >= 11 is 3.53. The molecule has 3 heterocycles. The van der Waals surface area contributed by atoms with E-state index < -0.39 is 0 Å². The van der Waals surface area contributed by atoms with E-state index in [0.717, 1.165) is 48.5 Å². The van der Waals surface area contributed by atoms with Gasteiger partial charge in [-0.2, -0.15) is 5.10 Å². The van der Waals surface area contributed by atoms with Crippen molar-refractivity contribution in [1.82, 2.24) is 25.0 Å². The molecule has 0 amide bonds. The van der Waals surface area contributed by atoms with E-state index in [0.29, 0.717) is 5.92 Å². The van der Waals surface area contributed by atoms with E-state index in [1.54, 1.807) is 11.3 Å². The van der Waals surface area contributed by atoms with Crippen LogP contribution in [-0.2, 0) is 7.05 Å². The third-order valence-corrected chi connectivity index (χ3v) is 6.19. The van der Waals surface area contributed by atoms with Crippen LogP contribution in [0.15, 0.2) is 33.3 Å². The highest BCUT2D eigenvalue weighted by Crippen LogP contribution is 2.26. The average Bonchev–Trinajstić information content (AvgIpc) is 3.32. The fourth-order valence-corrected chi connectivity index (χ4v) is 4.57. The van der Waals surface area contributed by atoms with Gasteiger partial charge in [-0.15, -0.1) is 35.3 Å². The Bertz CT molecular complexity index is 657. The summed E-state index contributed by atoms with van der Waals surface area (Å²) in [7, 11) is 3.84. The van der Waals surface area contributed by atoms with Crippen LogP contribution in [0.3, 0.4) is 0 Å². The first-order valence-corrected chi connectivity index (χ1v) is 10.1. The predicted octanol–water partition coefficient (Wildman–Crippen LogP) is 3.04. The van der Waals surface area contributed by atoms with Crippen molar-refractivity contribution >= 4 is 53.0 Å². The molecule has 0 spiro atoms. The maximum atomic E-state index is 4.44. The molecule has 0 saturated carbocycles. The zero-order valence-electron chi connectivity index (χ0n) is 14.6. The zero-order chi connectivity index (χ0) is 16.8. The first kappa shape index (κ1) is 20.5. The highest BCUT2D eigenvalue weighted by molar-refractivity contribution is 14.0. The van der Waals surface area contributed by atoms with Gasteiger partial charge in [-0.3, -0.25) is 9.67 Å². The van der Waals surface area contributed by atoms with Crippen LogP contribution >= 0.6 is 47.1 Å². The number of hydrogen-bond donors (Lipinski definition) is 1. The minimum atomic E-state index is 0. The number of halogens is 1. The molecule has 1 saturated heterocycles. The Morgan fingerprint density at radius 3 is 3.08 bits per heavy atom. The lowest BCUT2D eigenvalue weighted by atomic mass is 10.0. The van der Waals surface area contributed by atoms with Gasteiger partial charge in [-0.05, 0) is 18.4 Å². The van der Waals surface area contributed by atoms with Crippen molar-refractivity contribution in [3.8, 4) is 0 Å². The Morgan fingerprint density at radius 2 is 2.40 bits per heavy atom. The smallest absolute Gasteiger partial charge is 0.193 e. The van der Waals surface area contributed by atoms with Gasteiger partial charge in [0.15, 0.2) is 5.96 Å². The summed E-state index contributed by atoms with van der Waals surface area (Å²) in [6.07, 6.45) is 8.23. The van der Waals surface area contributed by atoms with Crippen LogP contribution in [0.2, 0.25) is 0 Å². The summed E-state index contributed by atoms with van der Waals surface area (Å²) in [4.78, 5) is 11.1. The quantitative estimate of drug-likeness (QED) is 0.221. The second-order valence-electron chi connectivity index (χ2n) is 5.85. The van der Waals surface area contributed by atoms with Gasteiger partial charge in [-0.25, -0.2) is 4.98 Å². The normalized spacial score (nSPS) is 17.6. The average molecular weight is 492 g/mol. The Kier molecular flexibility index (Phi) is 8.50. The van der Waals surface area contributed by atoms with Gasteiger partial charge < -0.3 is 10.2 Å². The zero-order valence-corrected chi connectivity index (χ0v) is 18.6. The van der Waals surface area contributed by atoms with Gasteiger partial charge >= 0.3 is 0 Å². The highest BCUT2D eigenvalue weighted by atomic mass is 127. The fraction of sp³-hybridized carbons (Fsp3) is 0.562. The maximum absolute atomic E-state index is 4.44. The standard InChI is InChI=1S/C16H24N6S2.HI/c1-17-15(18-5-3-8-23-16-19-6-9-24-16)22-7-4-13(12-22)14-10-20-21(2)11-14;/h6,9-11,13H,3-5,7-8,12H2,1-2H3,(H,17,18);1H. The summed E-state index contributed by atoms with van der Waals surface area (Å²) in [6.45, 7) is 3.01. The Hall–Kier alpha value is -0.810. The summed E-state index contributed by atoms with van der Waals surface area (Å²) in [5.74, 6) is 2.65. The lowest BCUT2D eigenvalue weighted by Crippen LogP contribution is -2.40. The summed E-state index contributed by atoms with van der Waals surface area (Å²) in [6, 6.07) is 0. The second kappa shape index (κ2) is 10.4. The first-order valence-electron chi connectivity index (χ1n) is 8.22. The van der Waals surface area contributed by atoms with Crippen molar-refractivity contribution in [3.05, 3.63) is 29.5 Å². The monoisotopic (exact) mass is 492 g/mol. The molecule has 3 rings (SSSR count). The van der Waals surface area contributed by atoms with Gasteiger partial charge in [0, 0.05) is 63.2 Å². The molecule has 1 unspecified atom stereocenters. The Labute approximate surface area is 174 Å². The lowest BCUT2D eigenvalue weighted by Gasteiger charge is -2.21. The molecule has 1 N–H and O–H groups in total. The molecule has 138 valence electrons. The number of aromatic nitrogens is 3. The van der Waals surface area contributed by atoms with Crippen LogP contribution in [-0.4, -0.2) is 58.1 Å². The van der Waals surface area contributed by atoms with Gasteiger partial charge in [-0.1, -0.05) is 11.8 Å². The number of likely N-dealkylation sites (tertiary alicyclic amines) is 1. The number of aryl methyl sites for hydroxylation is 1. The van der Waals surface area contributed by atoms with Crippen molar-refractivity contribution in [1.29, 1.82) is 0 Å². The highest BCUT2D eigenvalue weighted by Gasteiger charge is 2.26. The van der Waals surface area contributed by atoms with E-state index in [9.17, 15) is 0 Å². The molecular weight excluding hydrogens is 467 g/mol. The topological polar surface area (TPSA) is 58.3 Å². The third-order valence-electron chi connectivity index (χ3n) is 4.14. The van der Waals surface area contributed by atoms with E-state index in [2.05, 4.69) is 31.5 Å². The molecule has 2 aromatic rings. The van der Waals surface area contributed by atoms with Gasteiger partial charge in [0.2, 0.25) is 0 Å². The van der Waals surface area contributed by atoms with Crippen LogP contribution in [0.1, 0.15) is 24.3 Å². The number of thioether (sulfide) groups is 1. The minimum Gasteiger partial charge on any atom is -0.356 e. The van der Waals surface area contributed by atoms with Crippen LogP contribution < -0.4 is 5.32 Å². The Morgan fingerprint density at radius 1 is 1.52 bits per heavy atom. The number of thiazole rings is 1. The van der Waals surface area contributed by atoms with E-state index in [1.807, 2.05) is 48.3 Å². The van der Waals surface area contributed by atoms with Crippen molar-refractivity contribution in [2.24, 2.45) is 12.0 Å². The van der Waals surface area contributed by atoms with Crippen molar-refractivity contribution in [3.63, 3.8) is 0 Å². The largest absolute Gasteiger partial charge is 0.356 e. The Balaban J connectivity index is 0.00000225. The van der Waals surface area contributed by atoms with Gasteiger partial charge in [0.25, 0.3) is 0 Å². The third kappa shape index (κ3) is 5.85. The fourth-order valence-electron chi connectivity index (χ4n) is 2.92. The molecule has 1 fully saturated rings. The van der Waals surface area contributed by atoms with Gasteiger partial charge in [0.1, 0.15) is 4.34 Å². The molecule has 0 radical (unpaired) electrons. The maximum Gasteiger partial charge on any atom is 0.193 e. The SMILES string of the molecule is CN=C(NCCCSc1nccs1)N1CCC(c2cnn(C)c2)C1.I. The molecule has 1 aliphatic heterocycles. The molecule has 9 heteroatoms. The number of hydrogen-bond acceptors (Lipinski definition) is 5. The molecule has 25 heavy (non-hydrogen) atoms. The van der Waals surface area contributed by atoms with E-state index in [1.165, 1.54) is 5.56 Å².